The molecule has 2 heterocycles. The highest BCUT2D eigenvalue weighted by Crippen LogP contribution is 2.20. The molecule has 1 aliphatic heterocycles. The zero-order chi connectivity index (χ0) is 20.1. The van der Waals surface area contributed by atoms with Crippen molar-refractivity contribution >= 4 is 35.2 Å². The van der Waals surface area contributed by atoms with Gasteiger partial charge in [0.1, 0.15) is 10.7 Å². The van der Waals surface area contributed by atoms with Crippen LogP contribution in [-0.2, 0) is 14.3 Å². The number of halogens is 1. The maximum absolute atomic E-state index is 13.2. The van der Waals surface area contributed by atoms with Crippen molar-refractivity contribution in [1.29, 1.82) is 0 Å². The van der Waals surface area contributed by atoms with Gasteiger partial charge in [-0.05, 0) is 38.1 Å². The molecule has 0 radical (unpaired) electrons. The van der Waals surface area contributed by atoms with Crippen molar-refractivity contribution in [3.05, 3.63) is 65.0 Å². The Labute approximate surface area is 169 Å². The minimum Gasteiger partial charge on any atom is -0.372 e. The van der Waals surface area contributed by atoms with E-state index in [0.717, 1.165) is 0 Å². The van der Waals surface area contributed by atoms with Crippen molar-refractivity contribution in [2.75, 3.05) is 18.4 Å². The molecule has 1 fully saturated rings. The molecule has 3 rings (SSSR count). The highest BCUT2D eigenvalue weighted by Gasteiger charge is 2.30. The molecule has 0 unspecified atom stereocenters. The molecule has 2 aromatic rings. The first kappa shape index (κ1) is 20.0. The smallest absolute Gasteiger partial charge is 0.261 e. The Morgan fingerprint density at radius 3 is 2.46 bits per heavy atom. The van der Waals surface area contributed by atoms with E-state index in [1.807, 2.05) is 32.0 Å². The van der Waals surface area contributed by atoms with Crippen molar-refractivity contribution in [3.63, 3.8) is 0 Å². The fourth-order valence-electron chi connectivity index (χ4n) is 3.12. The lowest BCUT2D eigenvalue weighted by molar-refractivity contribution is -0.140. The molecule has 1 aromatic heterocycles. The highest BCUT2D eigenvalue weighted by molar-refractivity contribution is 6.32. The van der Waals surface area contributed by atoms with E-state index in [9.17, 15) is 9.59 Å². The Kier molecular flexibility index (Phi) is 6.44. The molecule has 146 valence electrons. The van der Waals surface area contributed by atoms with Gasteiger partial charge in [0.15, 0.2) is 0 Å². The largest absolute Gasteiger partial charge is 0.372 e. The van der Waals surface area contributed by atoms with Crippen LogP contribution >= 0.6 is 11.6 Å². The Morgan fingerprint density at radius 1 is 1.14 bits per heavy atom. The van der Waals surface area contributed by atoms with E-state index in [2.05, 4.69) is 10.3 Å². The van der Waals surface area contributed by atoms with Gasteiger partial charge in [-0.25, -0.2) is 4.98 Å². The van der Waals surface area contributed by atoms with Crippen LogP contribution in [0.15, 0.2) is 54.2 Å². The molecule has 1 aliphatic rings. The minimum absolute atomic E-state index is 0.0000491. The molecule has 0 spiro atoms. The second-order valence-corrected chi connectivity index (χ2v) is 7.09. The first-order chi connectivity index (χ1) is 13.4. The summed E-state index contributed by atoms with van der Waals surface area (Å²) in [5.41, 5.74) is 1.11. The maximum Gasteiger partial charge on any atom is 0.261 e. The van der Waals surface area contributed by atoms with E-state index >= 15 is 0 Å². The second kappa shape index (κ2) is 8.99. The number of nitrogens with one attached hydrogen (secondary N) is 1. The number of morpholine rings is 1. The number of pyridine rings is 1. The van der Waals surface area contributed by atoms with E-state index < -0.39 is 5.91 Å². The lowest BCUT2D eigenvalue weighted by Gasteiger charge is -2.35. The van der Waals surface area contributed by atoms with Gasteiger partial charge in [0.05, 0.1) is 12.2 Å². The average molecular weight is 400 g/mol. The van der Waals surface area contributed by atoms with Gasteiger partial charge in [0, 0.05) is 30.5 Å². The van der Waals surface area contributed by atoms with Crippen LogP contribution in [0.2, 0.25) is 5.15 Å². The molecular weight excluding hydrogens is 378 g/mol. The van der Waals surface area contributed by atoms with Gasteiger partial charge in [-0.15, -0.1) is 0 Å². The van der Waals surface area contributed by atoms with Crippen LogP contribution < -0.4 is 5.32 Å². The number of aromatic nitrogens is 1. The van der Waals surface area contributed by atoms with Crippen LogP contribution in [0.1, 0.15) is 19.4 Å². The number of carbonyl (C=O) groups is 2. The van der Waals surface area contributed by atoms with Gasteiger partial charge in [0.25, 0.3) is 11.8 Å². The van der Waals surface area contributed by atoms with Gasteiger partial charge in [0.2, 0.25) is 0 Å². The minimum atomic E-state index is -0.497. The quantitative estimate of drug-likeness (QED) is 0.370. The average Bonchev–Trinajstić information content (AvgIpc) is 2.67. The highest BCUT2D eigenvalue weighted by atomic mass is 35.5. The molecule has 2 amide bonds. The topological polar surface area (TPSA) is 71.5 Å². The number of benzene rings is 1. The molecule has 6 nitrogen and oxygen atoms in total. The molecule has 0 bridgehead atoms. The predicted octanol–water partition coefficient (Wildman–Crippen LogP) is 3.39. The third-order valence-electron chi connectivity index (χ3n) is 4.30. The van der Waals surface area contributed by atoms with Crippen molar-refractivity contribution in [2.45, 2.75) is 26.1 Å². The predicted molar refractivity (Wildman–Crippen MR) is 109 cm³/mol. The van der Waals surface area contributed by atoms with E-state index in [-0.39, 0.29) is 28.8 Å². The van der Waals surface area contributed by atoms with Crippen molar-refractivity contribution in [1.82, 2.24) is 9.88 Å². The number of rotatable bonds is 4. The molecular formula is C21H22ClN3O3. The van der Waals surface area contributed by atoms with Gasteiger partial charge < -0.3 is 15.0 Å². The van der Waals surface area contributed by atoms with Crippen molar-refractivity contribution in [3.8, 4) is 0 Å². The maximum atomic E-state index is 13.2. The van der Waals surface area contributed by atoms with Gasteiger partial charge in [-0.1, -0.05) is 35.9 Å². The zero-order valence-corrected chi connectivity index (χ0v) is 16.5. The summed E-state index contributed by atoms with van der Waals surface area (Å²) in [5.74, 6) is -0.863. The van der Waals surface area contributed by atoms with Crippen LogP contribution in [0.5, 0.6) is 0 Å². The SMILES string of the molecule is C[C@@H]1CN(C(=O)/C(=C/c2cccnc2Cl)C(=O)Nc2ccccc2)C[C@@H](C)O1. The summed E-state index contributed by atoms with van der Waals surface area (Å²) in [5, 5.41) is 3.00. The monoisotopic (exact) mass is 399 g/mol. The Morgan fingerprint density at radius 2 is 1.82 bits per heavy atom. The van der Waals surface area contributed by atoms with Crippen molar-refractivity contribution in [2.24, 2.45) is 0 Å². The zero-order valence-electron chi connectivity index (χ0n) is 15.8. The summed E-state index contributed by atoms with van der Waals surface area (Å²) in [6.45, 7) is 4.64. The third-order valence-corrected chi connectivity index (χ3v) is 4.62. The van der Waals surface area contributed by atoms with Crippen LogP contribution in [0.3, 0.4) is 0 Å². The fraction of sp³-hybridized carbons (Fsp3) is 0.286. The summed E-state index contributed by atoms with van der Waals surface area (Å²) >= 11 is 6.14. The summed E-state index contributed by atoms with van der Waals surface area (Å²) in [6.07, 6.45) is 2.83. The second-order valence-electron chi connectivity index (χ2n) is 6.73. The summed E-state index contributed by atoms with van der Waals surface area (Å²) < 4.78 is 5.69. The number of ether oxygens (including phenoxy) is 1. The van der Waals surface area contributed by atoms with Gasteiger partial charge in [-0.3, -0.25) is 9.59 Å². The molecule has 0 aliphatic carbocycles. The summed E-state index contributed by atoms with van der Waals surface area (Å²) in [7, 11) is 0. The van der Waals surface area contributed by atoms with Crippen LogP contribution in [0, 0.1) is 0 Å². The molecule has 0 saturated carbocycles. The standard InChI is InChI=1S/C21H22ClN3O3/c1-14-12-25(13-15(2)28-14)21(27)18(11-16-7-6-10-23-19(16)22)20(26)24-17-8-4-3-5-9-17/h3-11,14-15H,12-13H2,1-2H3,(H,24,26)/b18-11+/t14-,15-/m1/s1. The fourth-order valence-corrected chi connectivity index (χ4v) is 3.29. The number of para-hydroxylation sites is 1. The first-order valence-corrected chi connectivity index (χ1v) is 9.45. The molecule has 1 aromatic carbocycles. The molecule has 1 saturated heterocycles. The number of carbonyl (C=O) groups excluding carboxylic acids is 2. The lowest BCUT2D eigenvalue weighted by atomic mass is 10.1. The number of anilines is 1. The normalized spacial score (nSPS) is 20.0. The summed E-state index contributed by atoms with van der Waals surface area (Å²) in [4.78, 5) is 31.8. The Hall–Kier alpha value is -2.70. The summed E-state index contributed by atoms with van der Waals surface area (Å²) in [6, 6.07) is 12.4. The Balaban J connectivity index is 1.93. The number of nitrogens with zero attached hydrogens (tertiary/aromatic N) is 2. The van der Waals surface area contributed by atoms with Gasteiger partial charge in [-0.2, -0.15) is 0 Å². The van der Waals surface area contributed by atoms with Crippen molar-refractivity contribution < 1.29 is 14.3 Å². The van der Waals surface area contributed by atoms with Crippen LogP contribution in [0.25, 0.3) is 6.08 Å². The lowest BCUT2D eigenvalue weighted by Crippen LogP contribution is -2.49. The van der Waals surface area contributed by atoms with E-state index in [1.54, 1.807) is 35.4 Å². The molecule has 7 heteroatoms. The first-order valence-electron chi connectivity index (χ1n) is 9.07. The molecule has 28 heavy (non-hydrogen) atoms. The van der Waals surface area contributed by atoms with Crippen LogP contribution in [-0.4, -0.2) is 47.0 Å². The number of hydrogen-bond donors (Lipinski definition) is 1. The third kappa shape index (κ3) is 4.97. The van der Waals surface area contributed by atoms with Crippen LogP contribution in [0.4, 0.5) is 5.69 Å². The van der Waals surface area contributed by atoms with E-state index in [0.29, 0.717) is 24.3 Å². The van der Waals surface area contributed by atoms with E-state index in [1.165, 1.54) is 6.08 Å². The van der Waals surface area contributed by atoms with Gasteiger partial charge >= 0.3 is 0 Å². The van der Waals surface area contributed by atoms with E-state index in [4.69, 9.17) is 16.3 Å². The molecule has 1 N–H and O–H groups in total. The molecule has 2 atom stereocenters. The Bertz CT molecular complexity index is 875. The number of amides is 2. The number of hydrogen-bond acceptors (Lipinski definition) is 4.